The van der Waals surface area contributed by atoms with E-state index in [2.05, 4.69) is 20.8 Å². The van der Waals surface area contributed by atoms with Crippen LogP contribution in [0.15, 0.2) is 12.1 Å². The van der Waals surface area contributed by atoms with E-state index in [-0.39, 0.29) is 22.8 Å². The standard InChI is InChI=1S/C18H23NO3/c1-17(2,3)14-8-18(6-7-19-14)10-22-15-12-9-21-16(20)11(12)4-5-13(15)18/h4-5,14,19H,6-10H2,1-3H3/i/hD. The van der Waals surface area contributed by atoms with Crippen molar-refractivity contribution < 1.29 is 15.7 Å². The molecule has 118 valence electrons. The molecule has 2 unspecified atom stereocenters. The van der Waals surface area contributed by atoms with Gasteiger partial charge in [0, 0.05) is 22.6 Å². The van der Waals surface area contributed by atoms with Gasteiger partial charge in [-0.05, 0) is 30.9 Å². The summed E-state index contributed by atoms with van der Waals surface area (Å²) in [5, 5.41) is 1.74. The highest BCUT2D eigenvalue weighted by Crippen LogP contribution is 2.50. The van der Waals surface area contributed by atoms with E-state index < -0.39 is 0 Å². The summed E-state index contributed by atoms with van der Waals surface area (Å²) in [5.74, 6) is 0.611. The summed E-state index contributed by atoms with van der Waals surface area (Å²) in [6.07, 6.45) is 1.84. The predicted molar refractivity (Wildman–Crippen MR) is 83.2 cm³/mol. The second kappa shape index (κ2) is 4.48. The van der Waals surface area contributed by atoms with Gasteiger partial charge in [0.2, 0.25) is 0 Å². The van der Waals surface area contributed by atoms with Gasteiger partial charge in [-0.1, -0.05) is 26.8 Å². The lowest BCUT2D eigenvalue weighted by molar-refractivity contribution is 0.0534. The first kappa shape index (κ1) is 12.9. The minimum atomic E-state index is -0.249. The topological polar surface area (TPSA) is 47.6 Å². The van der Waals surface area contributed by atoms with Gasteiger partial charge in [-0.3, -0.25) is 0 Å². The van der Waals surface area contributed by atoms with E-state index in [1.54, 1.807) is 5.31 Å². The van der Waals surface area contributed by atoms with Crippen molar-refractivity contribution in [1.82, 2.24) is 5.31 Å². The zero-order chi connectivity index (χ0) is 16.4. The Kier molecular flexibility index (Phi) is 2.63. The number of fused-ring (bicyclic) bond motifs is 4. The molecule has 3 aliphatic rings. The number of benzene rings is 1. The second-order valence-corrected chi connectivity index (χ2v) is 7.86. The molecule has 4 nitrogen and oxygen atoms in total. The van der Waals surface area contributed by atoms with E-state index in [4.69, 9.17) is 10.9 Å². The highest BCUT2D eigenvalue weighted by Gasteiger charge is 2.48. The molecule has 0 aromatic heterocycles. The molecule has 1 aromatic rings. The van der Waals surface area contributed by atoms with Crippen molar-refractivity contribution in [3.05, 3.63) is 28.8 Å². The fourth-order valence-corrected chi connectivity index (χ4v) is 3.98. The van der Waals surface area contributed by atoms with Crippen molar-refractivity contribution >= 4 is 5.97 Å². The number of carbonyl (C=O) groups excluding carboxylic acids is 1. The number of rotatable bonds is 0. The molecule has 2 atom stereocenters. The Morgan fingerprint density at radius 3 is 2.95 bits per heavy atom. The first-order valence-corrected chi connectivity index (χ1v) is 8.04. The second-order valence-electron chi connectivity index (χ2n) is 7.86. The highest BCUT2D eigenvalue weighted by molar-refractivity contribution is 5.94. The highest BCUT2D eigenvalue weighted by atomic mass is 16.5. The third kappa shape index (κ3) is 1.89. The van der Waals surface area contributed by atoms with Crippen molar-refractivity contribution in [3.63, 3.8) is 0 Å². The normalized spacial score (nSPS) is 31.5. The van der Waals surface area contributed by atoms with Crippen molar-refractivity contribution in [2.45, 2.75) is 51.7 Å². The largest absolute Gasteiger partial charge is 0.492 e. The zero-order valence-electron chi connectivity index (χ0n) is 14.4. The Bertz CT molecular complexity index is 682. The van der Waals surface area contributed by atoms with E-state index in [0.29, 0.717) is 18.8 Å². The first-order chi connectivity index (χ1) is 10.8. The van der Waals surface area contributed by atoms with Crippen LogP contribution in [0.3, 0.4) is 0 Å². The Morgan fingerprint density at radius 1 is 1.36 bits per heavy atom. The number of carbonyl (C=O) groups is 1. The van der Waals surface area contributed by atoms with E-state index >= 15 is 0 Å². The molecule has 0 bridgehead atoms. The molecule has 1 fully saturated rings. The summed E-state index contributed by atoms with van der Waals surface area (Å²) in [6, 6.07) is 4.13. The lowest BCUT2D eigenvalue weighted by Gasteiger charge is -2.43. The number of esters is 1. The fourth-order valence-electron chi connectivity index (χ4n) is 3.98. The maximum Gasteiger partial charge on any atom is 0.339 e. The molecule has 3 aliphatic heterocycles. The van der Waals surface area contributed by atoms with E-state index in [1.165, 1.54) is 5.56 Å². The average molecular weight is 302 g/mol. The number of cyclic esters (lactones) is 1. The van der Waals surface area contributed by atoms with Crippen LogP contribution in [-0.4, -0.2) is 25.2 Å². The van der Waals surface area contributed by atoms with Gasteiger partial charge in [0.15, 0.2) is 0 Å². The van der Waals surface area contributed by atoms with E-state index in [0.717, 1.165) is 30.7 Å². The van der Waals surface area contributed by atoms with Gasteiger partial charge in [-0.25, -0.2) is 4.79 Å². The van der Waals surface area contributed by atoms with Gasteiger partial charge in [0.25, 0.3) is 0 Å². The molecule has 0 amide bonds. The third-order valence-corrected chi connectivity index (χ3v) is 5.42. The molecule has 1 aromatic carbocycles. The number of ether oxygens (including phenoxy) is 2. The quantitative estimate of drug-likeness (QED) is 0.749. The first-order valence-electron chi connectivity index (χ1n) is 8.48. The SMILES string of the molecule is [2H]N1CCC2(COc3c2ccc2c3COC2=O)CC1C(C)(C)C. The fraction of sp³-hybridized carbons (Fsp3) is 0.611. The van der Waals surface area contributed by atoms with E-state index in [9.17, 15) is 4.79 Å². The molecule has 3 heterocycles. The van der Waals surface area contributed by atoms with Gasteiger partial charge in [-0.15, -0.1) is 0 Å². The summed E-state index contributed by atoms with van der Waals surface area (Å²) in [7, 11) is 0. The summed E-state index contributed by atoms with van der Waals surface area (Å²) in [5.41, 5.74) is 2.77. The van der Waals surface area contributed by atoms with E-state index in [1.807, 2.05) is 12.1 Å². The van der Waals surface area contributed by atoms with Crippen LogP contribution in [0.1, 0.15) is 55.1 Å². The van der Waals surface area contributed by atoms with Crippen LogP contribution in [0.25, 0.3) is 0 Å². The molecule has 0 saturated carbocycles. The Labute approximate surface area is 132 Å². The molecular formula is C18H23NO3. The lowest BCUT2D eigenvalue weighted by atomic mass is 9.67. The van der Waals surface area contributed by atoms with Gasteiger partial charge in [-0.2, -0.15) is 0 Å². The van der Waals surface area contributed by atoms with Crippen molar-refractivity contribution in [2.75, 3.05) is 13.2 Å². The van der Waals surface area contributed by atoms with Crippen molar-refractivity contribution in [3.8, 4) is 5.75 Å². The van der Waals surface area contributed by atoms with Crippen molar-refractivity contribution in [2.24, 2.45) is 5.41 Å². The Hall–Kier alpha value is -1.55. The van der Waals surface area contributed by atoms with Gasteiger partial charge >= 0.3 is 5.97 Å². The minimum Gasteiger partial charge on any atom is -0.492 e. The minimum absolute atomic E-state index is 0.0362. The van der Waals surface area contributed by atoms with Crippen LogP contribution >= 0.6 is 0 Å². The number of hydrogen-bond acceptors (Lipinski definition) is 4. The average Bonchev–Trinajstić information content (AvgIpc) is 3.03. The van der Waals surface area contributed by atoms with Gasteiger partial charge in [0.1, 0.15) is 13.8 Å². The maximum absolute atomic E-state index is 11.8. The van der Waals surface area contributed by atoms with Gasteiger partial charge in [0.05, 0.1) is 12.2 Å². The molecule has 0 radical (unpaired) electrons. The van der Waals surface area contributed by atoms with Crippen LogP contribution in [0.2, 0.25) is 1.41 Å². The molecule has 0 aliphatic carbocycles. The number of nitrogens with one attached hydrogen (secondary N) is 1. The van der Waals surface area contributed by atoms with Crippen LogP contribution < -0.4 is 10.0 Å². The summed E-state index contributed by atoms with van der Waals surface area (Å²) in [4.78, 5) is 11.8. The lowest BCUT2D eigenvalue weighted by Crippen LogP contribution is -2.52. The number of hydrogen-bond donors (Lipinski definition) is 1. The van der Waals surface area contributed by atoms with Crippen LogP contribution in [0.4, 0.5) is 0 Å². The van der Waals surface area contributed by atoms with Crippen LogP contribution in [0.5, 0.6) is 5.75 Å². The molecule has 4 rings (SSSR count). The summed E-state index contributed by atoms with van der Waals surface area (Å²) in [6.45, 7) is 8.31. The molecule has 1 saturated heterocycles. The molecular weight excluding hydrogens is 278 g/mol. The molecule has 4 heteroatoms. The monoisotopic (exact) mass is 302 g/mol. The molecule has 1 N–H and O–H groups in total. The van der Waals surface area contributed by atoms with Crippen molar-refractivity contribution in [1.29, 1.82) is 0 Å². The molecule has 22 heavy (non-hydrogen) atoms. The summed E-state index contributed by atoms with van der Waals surface area (Å²) >= 11 is 0. The predicted octanol–water partition coefficient (Wildman–Crippen LogP) is 2.79. The Morgan fingerprint density at radius 2 is 2.18 bits per heavy atom. The van der Waals surface area contributed by atoms with Gasteiger partial charge < -0.3 is 14.8 Å². The third-order valence-electron chi connectivity index (χ3n) is 5.42. The van der Waals surface area contributed by atoms with Crippen LogP contribution in [0, 0.1) is 5.41 Å². The maximum atomic E-state index is 11.8. The zero-order valence-corrected chi connectivity index (χ0v) is 13.4. The molecule has 1 spiro atoms. The Balaban J connectivity index is 1.75. The number of piperidine rings is 1. The van der Waals surface area contributed by atoms with Crippen LogP contribution in [-0.2, 0) is 16.8 Å². The summed E-state index contributed by atoms with van der Waals surface area (Å²) < 4.78 is 19.5. The smallest absolute Gasteiger partial charge is 0.339 e.